The Balaban J connectivity index is 2.77. The zero-order chi connectivity index (χ0) is 15.2. The van der Waals surface area contributed by atoms with Gasteiger partial charge in [0.25, 0.3) is 0 Å². The molecule has 0 bridgehead atoms. The minimum Gasteiger partial charge on any atom is -0.395 e. The van der Waals surface area contributed by atoms with Crippen molar-refractivity contribution in [1.29, 1.82) is 0 Å². The van der Waals surface area contributed by atoms with Crippen molar-refractivity contribution in [3.05, 3.63) is 35.4 Å². The topological polar surface area (TPSA) is 66.4 Å². The normalized spacial score (nSPS) is 12.8. The first kappa shape index (κ1) is 16.7. The maximum absolute atomic E-state index is 11.8. The van der Waals surface area contributed by atoms with E-state index in [1.54, 1.807) is 13.8 Å². The van der Waals surface area contributed by atoms with Crippen molar-refractivity contribution in [2.75, 3.05) is 6.61 Å². The molecule has 5 heteroatoms. The summed E-state index contributed by atoms with van der Waals surface area (Å²) in [6.45, 7) is 5.16. The molecular weight excluding hydrogens is 274 g/mol. The first-order valence-electron chi connectivity index (χ1n) is 6.57. The lowest BCUT2D eigenvalue weighted by Gasteiger charge is -2.16. The SMILES string of the molecule is CC(NS(=O)(=O)C(C)C)c1ccc(C#CCCO)cc1. The van der Waals surface area contributed by atoms with Gasteiger partial charge >= 0.3 is 0 Å². The molecule has 1 aromatic carbocycles. The van der Waals surface area contributed by atoms with Crippen LogP contribution >= 0.6 is 0 Å². The van der Waals surface area contributed by atoms with Crippen LogP contribution in [0, 0.1) is 11.8 Å². The Kier molecular flexibility index (Phi) is 6.21. The van der Waals surface area contributed by atoms with Gasteiger partial charge in [-0.25, -0.2) is 13.1 Å². The molecule has 0 fully saturated rings. The summed E-state index contributed by atoms with van der Waals surface area (Å²) in [6, 6.07) is 7.13. The van der Waals surface area contributed by atoms with E-state index in [1.165, 1.54) is 0 Å². The van der Waals surface area contributed by atoms with E-state index in [9.17, 15) is 8.42 Å². The van der Waals surface area contributed by atoms with Gasteiger partial charge in [0.15, 0.2) is 0 Å². The summed E-state index contributed by atoms with van der Waals surface area (Å²) >= 11 is 0. The summed E-state index contributed by atoms with van der Waals surface area (Å²) < 4.78 is 26.2. The molecule has 0 heterocycles. The van der Waals surface area contributed by atoms with E-state index in [-0.39, 0.29) is 12.6 Å². The Morgan fingerprint density at radius 2 is 1.80 bits per heavy atom. The summed E-state index contributed by atoms with van der Waals surface area (Å²) in [5, 5.41) is 8.20. The first-order valence-corrected chi connectivity index (χ1v) is 8.12. The summed E-state index contributed by atoms with van der Waals surface area (Å²) in [7, 11) is -3.28. The maximum atomic E-state index is 11.8. The Bertz CT molecular complexity index is 580. The maximum Gasteiger partial charge on any atom is 0.214 e. The van der Waals surface area contributed by atoms with E-state index < -0.39 is 15.3 Å². The third-order valence-electron chi connectivity index (χ3n) is 2.84. The van der Waals surface area contributed by atoms with E-state index >= 15 is 0 Å². The van der Waals surface area contributed by atoms with E-state index in [4.69, 9.17) is 5.11 Å². The van der Waals surface area contributed by atoms with Crippen LogP contribution in [-0.2, 0) is 10.0 Å². The zero-order valence-corrected chi connectivity index (χ0v) is 12.9. The van der Waals surface area contributed by atoms with Gasteiger partial charge in [-0.05, 0) is 38.5 Å². The molecule has 1 rings (SSSR count). The van der Waals surface area contributed by atoms with E-state index in [0.717, 1.165) is 11.1 Å². The highest BCUT2D eigenvalue weighted by Gasteiger charge is 2.19. The monoisotopic (exact) mass is 295 g/mol. The Morgan fingerprint density at radius 1 is 1.20 bits per heavy atom. The molecule has 2 N–H and O–H groups in total. The highest BCUT2D eigenvalue weighted by molar-refractivity contribution is 7.90. The van der Waals surface area contributed by atoms with Crippen molar-refractivity contribution in [3.8, 4) is 11.8 Å². The molecular formula is C15H21NO3S. The van der Waals surface area contributed by atoms with Gasteiger partial charge < -0.3 is 5.11 Å². The molecule has 0 spiro atoms. The number of sulfonamides is 1. The molecule has 0 saturated carbocycles. The minimum atomic E-state index is -3.28. The Hall–Kier alpha value is -1.35. The molecule has 1 aromatic rings. The molecule has 0 amide bonds. The molecule has 0 aliphatic rings. The fourth-order valence-corrected chi connectivity index (χ4v) is 2.43. The van der Waals surface area contributed by atoms with Gasteiger partial charge in [0, 0.05) is 18.0 Å². The quantitative estimate of drug-likeness (QED) is 0.814. The van der Waals surface area contributed by atoms with Gasteiger partial charge in [0.05, 0.1) is 11.9 Å². The second kappa shape index (κ2) is 7.44. The predicted molar refractivity (Wildman–Crippen MR) is 80.6 cm³/mol. The molecule has 20 heavy (non-hydrogen) atoms. The first-order chi connectivity index (χ1) is 9.36. The lowest BCUT2D eigenvalue weighted by molar-refractivity contribution is 0.305. The number of rotatable bonds is 5. The van der Waals surface area contributed by atoms with Crippen LogP contribution in [0.25, 0.3) is 0 Å². The van der Waals surface area contributed by atoms with E-state index in [2.05, 4.69) is 16.6 Å². The fraction of sp³-hybridized carbons (Fsp3) is 0.467. The van der Waals surface area contributed by atoms with Gasteiger partial charge in [0.2, 0.25) is 10.0 Å². The molecule has 0 aliphatic heterocycles. The Labute approximate surface area is 121 Å². The number of aliphatic hydroxyl groups excluding tert-OH is 1. The summed E-state index contributed by atoms with van der Waals surface area (Å²) in [6.07, 6.45) is 0.451. The van der Waals surface area contributed by atoms with Crippen LogP contribution in [0.15, 0.2) is 24.3 Å². The lowest BCUT2D eigenvalue weighted by atomic mass is 10.1. The summed E-state index contributed by atoms with van der Waals surface area (Å²) in [4.78, 5) is 0. The molecule has 0 radical (unpaired) electrons. The smallest absolute Gasteiger partial charge is 0.214 e. The number of nitrogens with one attached hydrogen (secondary N) is 1. The zero-order valence-electron chi connectivity index (χ0n) is 12.1. The van der Waals surface area contributed by atoms with Crippen LogP contribution in [0.1, 0.15) is 44.4 Å². The summed E-state index contributed by atoms with van der Waals surface area (Å²) in [5.74, 6) is 5.77. The van der Waals surface area contributed by atoms with Crippen molar-refractivity contribution in [1.82, 2.24) is 4.72 Å². The van der Waals surface area contributed by atoms with Gasteiger partial charge in [-0.2, -0.15) is 0 Å². The van der Waals surface area contributed by atoms with E-state index in [1.807, 2.05) is 31.2 Å². The highest BCUT2D eigenvalue weighted by atomic mass is 32.2. The molecule has 0 saturated heterocycles. The largest absolute Gasteiger partial charge is 0.395 e. The molecule has 0 aromatic heterocycles. The predicted octanol–water partition coefficient (Wildman–Crippen LogP) is 1.81. The van der Waals surface area contributed by atoms with Crippen LogP contribution in [0.5, 0.6) is 0 Å². The lowest BCUT2D eigenvalue weighted by Crippen LogP contribution is -2.32. The number of hydrogen-bond donors (Lipinski definition) is 2. The third-order valence-corrected chi connectivity index (χ3v) is 4.77. The summed E-state index contributed by atoms with van der Waals surface area (Å²) in [5.41, 5.74) is 1.74. The van der Waals surface area contributed by atoms with Gasteiger partial charge in [-0.15, -0.1) is 0 Å². The molecule has 4 nitrogen and oxygen atoms in total. The fourth-order valence-electron chi connectivity index (χ4n) is 1.53. The second-order valence-electron chi connectivity index (χ2n) is 4.83. The van der Waals surface area contributed by atoms with Gasteiger partial charge in [-0.3, -0.25) is 0 Å². The van der Waals surface area contributed by atoms with Crippen molar-refractivity contribution in [2.24, 2.45) is 0 Å². The standard InChI is InChI=1S/C15H21NO3S/c1-12(2)20(18,19)16-13(3)15-9-7-14(8-10-15)6-4-5-11-17/h7-10,12-13,16-17H,5,11H2,1-3H3. The van der Waals surface area contributed by atoms with Crippen molar-refractivity contribution >= 4 is 10.0 Å². The molecule has 0 aliphatic carbocycles. The second-order valence-corrected chi connectivity index (χ2v) is 7.10. The van der Waals surface area contributed by atoms with Crippen molar-refractivity contribution < 1.29 is 13.5 Å². The van der Waals surface area contributed by atoms with Gasteiger partial charge in [-0.1, -0.05) is 24.0 Å². The number of hydrogen-bond acceptors (Lipinski definition) is 3. The van der Waals surface area contributed by atoms with Crippen LogP contribution in [0.3, 0.4) is 0 Å². The number of aliphatic hydroxyl groups is 1. The van der Waals surface area contributed by atoms with Crippen LogP contribution in [-0.4, -0.2) is 25.4 Å². The Morgan fingerprint density at radius 3 is 2.30 bits per heavy atom. The van der Waals surface area contributed by atoms with Crippen molar-refractivity contribution in [3.63, 3.8) is 0 Å². The molecule has 1 atom stereocenters. The van der Waals surface area contributed by atoms with Crippen LogP contribution < -0.4 is 4.72 Å². The van der Waals surface area contributed by atoms with Crippen LogP contribution in [0.4, 0.5) is 0 Å². The van der Waals surface area contributed by atoms with E-state index in [0.29, 0.717) is 6.42 Å². The molecule has 110 valence electrons. The van der Waals surface area contributed by atoms with Gasteiger partial charge in [0.1, 0.15) is 0 Å². The third kappa shape index (κ3) is 4.97. The van der Waals surface area contributed by atoms with Crippen LogP contribution in [0.2, 0.25) is 0 Å². The number of benzene rings is 1. The average molecular weight is 295 g/mol. The molecule has 1 unspecified atom stereocenters. The minimum absolute atomic E-state index is 0.0547. The highest BCUT2D eigenvalue weighted by Crippen LogP contribution is 2.15. The van der Waals surface area contributed by atoms with Crippen molar-refractivity contribution in [2.45, 2.75) is 38.5 Å². The average Bonchev–Trinajstić information content (AvgIpc) is 2.39.